The fourth-order valence-electron chi connectivity index (χ4n) is 2.47. The molecular formula is C13H22N2O2S2. The van der Waals surface area contributed by atoms with Gasteiger partial charge in [-0.05, 0) is 38.4 Å². The average molecular weight is 302 g/mol. The maximum atomic E-state index is 12.7. The Morgan fingerprint density at radius 1 is 1.42 bits per heavy atom. The van der Waals surface area contributed by atoms with Crippen molar-refractivity contribution in [3.63, 3.8) is 0 Å². The number of aryl methyl sites for hydroxylation is 1. The van der Waals surface area contributed by atoms with E-state index in [2.05, 4.69) is 5.32 Å². The van der Waals surface area contributed by atoms with E-state index in [0.29, 0.717) is 10.8 Å². The first-order valence-corrected chi connectivity index (χ1v) is 9.10. The van der Waals surface area contributed by atoms with Crippen LogP contribution in [-0.2, 0) is 10.0 Å². The highest BCUT2D eigenvalue weighted by atomic mass is 32.2. The van der Waals surface area contributed by atoms with Gasteiger partial charge in [-0.1, -0.05) is 13.3 Å². The quantitative estimate of drug-likeness (QED) is 0.907. The molecular weight excluding hydrogens is 280 g/mol. The van der Waals surface area contributed by atoms with Crippen molar-refractivity contribution in [3.05, 3.63) is 17.0 Å². The fraction of sp³-hybridized carbons (Fsp3) is 0.692. The molecule has 1 aromatic heterocycles. The van der Waals surface area contributed by atoms with E-state index in [1.54, 1.807) is 10.4 Å². The van der Waals surface area contributed by atoms with Gasteiger partial charge in [-0.3, -0.25) is 0 Å². The lowest BCUT2D eigenvalue weighted by molar-refractivity contribution is 0.247. The van der Waals surface area contributed by atoms with Gasteiger partial charge < -0.3 is 5.32 Å². The fourth-order valence-corrected chi connectivity index (χ4v) is 5.58. The van der Waals surface area contributed by atoms with Crippen LogP contribution in [0.5, 0.6) is 0 Å². The second-order valence-electron chi connectivity index (χ2n) is 4.94. The van der Waals surface area contributed by atoms with Gasteiger partial charge in [0.15, 0.2) is 0 Å². The van der Waals surface area contributed by atoms with Crippen LogP contribution in [0.2, 0.25) is 0 Å². The van der Waals surface area contributed by atoms with Crippen LogP contribution in [0, 0.1) is 6.92 Å². The Morgan fingerprint density at radius 2 is 2.21 bits per heavy atom. The summed E-state index contributed by atoms with van der Waals surface area (Å²) in [5.41, 5.74) is 0. The van der Waals surface area contributed by atoms with Crippen LogP contribution in [0.15, 0.2) is 16.3 Å². The van der Waals surface area contributed by atoms with E-state index >= 15 is 0 Å². The van der Waals surface area contributed by atoms with Crippen molar-refractivity contribution in [1.29, 1.82) is 0 Å². The molecule has 0 spiro atoms. The zero-order valence-corrected chi connectivity index (χ0v) is 13.2. The van der Waals surface area contributed by atoms with Gasteiger partial charge in [-0.2, -0.15) is 4.31 Å². The van der Waals surface area contributed by atoms with Gasteiger partial charge in [-0.15, -0.1) is 11.3 Å². The van der Waals surface area contributed by atoms with E-state index in [-0.39, 0.29) is 6.04 Å². The highest BCUT2D eigenvalue weighted by molar-refractivity contribution is 7.91. The van der Waals surface area contributed by atoms with E-state index in [1.807, 2.05) is 19.9 Å². The summed E-state index contributed by atoms with van der Waals surface area (Å²) < 4.78 is 27.5. The average Bonchev–Trinajstić information content (AvgIpc) is 2.84. The van der Waals surface area contributed by atoms with Crippen LogP contribution in [0.4, 0.5) is 0 Å². The molecule has 0 radical (unpaired) electrons. The molecule has 1 saturated heterocycles. The second kappa shape index (κ2) is 6.35. The lowest BCUT2D eigenvalue weighted by Crippen LogP contribution is -2.48. The normalized spacial score (nSPS) is 21.7. The molecule has 108 valence electrons. The molecule has 1 aliphatic heterocycles. The maximum Gasteiger partial charge on any atom is 0.252 e. The van der Waals surface area contributed by atoms with Crippen molar-refractivity contribution >= 4 is 21.4 Å². The van der Waals surface area contributed by atoms with Crippen LogP contribution in [-0.4, -0.2) is 38.4 Å². The van der Waals surface area contributed by atoms with Crippen LogP contribution >= 0.6 is 11.3 Å². The molecule has 1 aliphatic rings. The number of thiophene rings is 1. The van der Waals surface area contributed by atoms with Gasteiger partial charge in [-0.25, -0.2) is 8.42 Å². The van der Waals surface area contributed by atoms with Crippen LogP contribution < -0.4 is 5.32 Å². The maximum absolute atomic E-state index is 12.7. The van der Waals surface area contributed by atoms with Crippen LogP contribution in [0.1, 0.15) is 31.1 Å². The SMILES string of the molecule is CCNCC1CCCCN1S(=O)(=O)c1ccc(C)s1. The molecule has 0 aliphatic carbocycles. The smallest absolute Gasteiger partial charge is 0.252 e. The Balaban J connectivity index is 2.21. The Bertz CT molecular complexity index is 510. The first-order valence-electron chi connectivity index (χ1n) is 6.84. The molecule has 0 amide bonds. The summed E-state index contributed by atoms with van der Waals surface area (Å²) >= 11 is 1.36. The summed E-state index contributed by atoms with van der Waals surface area (Å²) in [6.45, 7) is 6.26. The number of piperidine rings is 1. The van der Waals surface area contributed by atoms with E-state index in [0.717, 1.165) is 37.2 Å². The third kappa shape index (κ3) is 3.37. The third-order valence-electron chi connectivity index (χ3n) is 3.48. The minimum absolute atomic E-state index is 0.0982. The van der Waals surface area contributed by atoms with E-state index in [1.165, 1.54) is 11.3 Å². The van der Waals surface area contributed by atoms with Gasteiger partial charge in [0.05, 0.1) is 0 Å². The lowest BCUT2D eigenvalue weighted by atomic mass is 10.1. The summed E-state index contributed by atoms with van der Waals surface area (Å²) in [4.78, 5) is 1.04. The van der Waals surface area contributed by atoms with Crippen molar-refractivity contribution in [2.45, 2.75) is 43.4 Å². The van der Waals surface area contributed by atoms with E-state index in [4.69, 9.17) is 0 Å². The first kappa shape index (κ1) is 15.0. The summed E-state index contributed by atoms with van der Waals surface area (Å²) in [7, 11) is -3.31. The number of hydrogen-bond acceptors (Lipinski definition) is 4. The minimum Gasteiger partial charge on any atom is -0.315 e. The van der Waals surface area contributed by atoms with Gasteiger partial charge >= 0.3 is 0 Å². The van der Waals surface area contributed by atoms with Gasteiger partial charge in [0.1, 0.15) is 4.21 Å². The van der Waals surface area contributed by atoms with Gasteiger partial charge in [0.2, 0.25) is 0 Å². The monoisotopic (exact) mass is 302 g/mol. The Kier molecular flexibility index (Phi) is 5.00. The highest BCUT2D eigenvalue weighted by Crippen LogP contribution is 2.29. The zero-order valence-electron chi connectivity index (χ0n) is 11.6. The van der Waals surface area contributed by atoms with Crippen molar-refractivity contribution in [3.8, 4) is 0 Å². The second-order valence-corrected chi connectivity index (χ2v) is 8.34. The molecule has 1 fully saturated rings. The number of likely N-dealkylation sites (N-methyl/N-ethyl adjacent to an activating group) is 1. The molecule has 1 unspecified atom stereocenters. The Labute approximate surface area is 119 Å². The lowest BCUT2D eigenvalue weighted by Gasteiger charge is -2.34. The van der Waals surface area contributed by atoms with Crippen molar-refractivity contribution in [1.82, 2.24) is 9.62 Å². The number of hydrogen-bond donors (Lipinski definition) is 1. The largest absolute Gasteiger partial charge is 0.315 e. The molecule has 19 heavy (non-hydrogen) atoms. The molecule has 1 N–H and O–H groups in total. The van der Waals surface area contributed by atoms with E-state index in [9.17, 15) is 8.42 Å². The van der Waals surface area contributed by atoms with Crippen molar-refractivity contribution in [2.75, 3.05) is 19.6 Å². The molecule has 2 heterocycles. The zero-order chi connectivity index (χ0) is 13.9. The van der Waals surface area contributed by atoms with Gasteiger partial charge in [0.25, 0.3) is 10.0 Å². The number of nitrogens with zero attached hydrogens (tertiary/aromatic N) is 1. The molecule has 1 aromatic rings. The molecule has 0 bridgehead atoms. The van der Waals surface area contributed by atoms with Crippen molar-refractivity contribution in [2.24, 2.45) is 0 Å². The Morgan fingerprint density at radius 3 is 2.84 bits per heavy atom. The van der Waals surface area contributed by atoms with Gasteiger partial charge in [0, 0.05) is 24.0 Å². The standard InChI is InChI=1S/C13H22N2O2S2/c1-3-14-10-12-6-4-5-9-15(12)19(16,17)13-8-7-11(2)18-13/h7-8,12,14H,3-6,9-10H2,1-2H3. The van der Waals surface area contributed by atoms with Crippen LogP contribution in [0.3, 0.4) is 0 Å². The topological polar surface area (TPSA) is 49.4 Å². The van der Waals surface area contributed by atoms with E-state index < -0.39 is 10.0 Å². The first-order chi connectivity index (χ1) is 9.05. The molecule has 4 nitrogen and oxygen atoms in total. The van der Waals surface area contributed by atoms with Crippen LogP contribution in [0.25, 0.3) is 0 Å². The predicted octanol–water partition coefficient (Wildman–Crippen LogP) is 2.21. The molecule has 2 rings (SSSR count). The summed E-state index contributed by atoms with van der Waals surface area (Å²) in [5.74, 6) is 0. The number of nitrogens with one attached hydrogen (secondary N) is 1. The number of sulfonamides is 1. The number of rotatable bonds is 5. The summed E-state index contributed by atoms with van der Waals surface area (Å²) in [5, 5.41) is 3.27. The molecule has 6 heteroatoms. The highest BCUT2D eigenvalue weighted by Gasteiger charge is 2.33. The minimum atomic E-state index is -3.31. The third-order valence-corrected chi connectivity index (χ3v) is 6.90. The predicted molar refractivity (Wildman–Crippen MR) is 79.1 cm³/mol. The van der Waals surface area contributed by atoms with Crippen molar-refractivity contribution < 1.29 is 8.42 Å². The molecule has 0 saturated carbocycles. The summed E-state index contributed by atoms with van der Waals surface area (Å²) in [6, 6.07) is 3.70. The molecule has 0 aromatic carbocycles. The summed E-state index contributed by atoms with van der Waals surface area (Å²) in [6.07, 6.45) is 3.04. The molecule has 1 atom stereocenters. The Hall–Kier alpha value is -0.430.